The van der Waals surface area contributed by atoms with Crippen molar-refractivity contribution in [2.75, 3.05) is 0 Å². The van der Waals surface area contributed by atoms with Crippen LogP contribution in [0.25, 0.3) is 0 Å². The highest BCUT2D eigenvalue weighted by Crippen LogP contribution is 1.96. The molecule has 2 aromatic rings. The van der Waals surface area contributed by atoms with E-state index in [1.54, 1.807) is 60.7 Å². The maximum Gasteiger partial charge on any atom is 0.335 e. The van der Waals surface area contributed by atoms with Gasteiger partial charge in [-0.3, -0.25) is 0 Å². The van der Waals surface area contributed by atoms with Crippen LogP contribution in [0.3, 0.4) is 0 Å². The van der Waals surface area contributed by atoms with E-state index in [4.69, 9.17) is 20.4 Å². The van der Waals surface area contributed by atoms with E-state index in [0.29, 0.717) is 11.1 Å². The molecule has 4 N–H and O–H groups in total. The first-order chi connectivity index (χ1) is 11.3. The van der Waals surface area contributed by atoms with Crippen LogP contribution in [0.2, 0.25) is 0 Å². The number of aliphatic carboxylic acids is 1. The van der Waals surface area contributed by atoms with E-state index >= 15 is 0 Å². The number of aliphatic hydroxyl groups excluding tert-OH is 1. The SMILES string of the molecule is CC(O)C(=O)O.O=C(O)c1ccccc1.O=C(O)c1ccccc1. The van der Waals surface area contributed by atoms with Crippen LogP contribution in [0.1, 0.15) is 27.6 Å². The summed E-state index contributed by atoms with van der Waals surface area (Å²) in [6.45, 7) is 1.20. The summed E-state index contributed by atoms with van der Waals surface area (Å²) in [5.41, 5.74) is 0.662. The topological polar surface area (TPSA) is 132 Å². The van der Waals surface area contributed by atoms with Gasteiger partial charge < -0.3 is 20.4 Å². The third kappa shape index (κ3) is 9.69. The second-order valence-corrected chi connectivity index (χ2v) is 4.36. The van der Waals surface area contributed by atoms with Gasteiger partial charge in [0.2, 0.25) is 0 Å². The monoisotopic (exact) mass is 334 g/mol. The van der Waals surface area contributed by atoms with E-state index in [2.05, 4.69) is 0 Å². The molecule has 1 atom stereocenters. The van der Waals surface area contributed by atoms with Crippen LogP contribution in [0.5, 0.6) is 0 Å². The molecule has 0 amide bonds. The number of hydrogen-bond donors (Lipinski definition) is 4. The Morgan fingerprint density at radius 2 is 0.958 bits per heavy atom. The van der Waals surface area contributed by atoms with E-state index in [0.717, 1.165) is 0 Å². The summed E-state index contributed by atoms with van der Waals surface area (Å²) in [4.78, 5) is 29.9. The first kappa shape index (κ1) is 20.8. The van der Waals surface area contributed by atoms with Crippen LogP contribution in [0, 0.1) is 0 Å². The zero-order valence-electron chi connectivity index (χ0n) is 12.9. The number of carboxylic acid groups (broad SMARTS) is 3. The van der Waals surface area contributed by atoms with Crippen LogP contribution >= 0.6 is 0 Å². The number of rotatable bonds is 3. The van der Waals surface area contributed by atoms with Crippen LogP contribution in [0.4, 0.5) is 0 Å². The van der Waals surface area contributed by atoms with Crippen molar-refractivity contribution in [3.63, 3.8) is 0 Å². The van der Waals surface area contributed by atoms with Crippen molar-refractivity contribution in [1.82, 2.24) is 0 Å². The number of aliphatic hydroxyl groups is 1. The molecule has 24 heavy (non-hydrogen) atoms. The predicted octanol–water partition coefficient (Wildman–Crippen LogP) is 2.22. The zero-order chi connectivity index (χ0) is 18.5. The van der Waals surface area contributed by atoms with E-state index in [1.165, 1.54) is 6.92 Å². The molecule has 7 heteroatoms. The molecule has 0 aliphatic heterocycles. The summed E-state index contributed by atoms with van der Waals surface area (Å²) in [6.07, 6.45) is -1.23. The van der Waals surface area contributed by atoms with E-state index in [9.17, 15) is 14.4 Å². The van der Waals surface area contributed by atoms with Gasteiger partial charge in [0.1, 0.15) is 6.10 Å². The number of benzene rings is 2. The lowest BCUT2D eigenvalue weighted by molar-refractivity contribution is -0.145. The van der Waals surface area contributed by atoms with Crippen molar-refractivity contribution >= 4 is 17.9 Å². The molecule has 0 heterocycles. The molecular formula is C17H18O7. The number of hydrogen-bond acceptors (Lipinski definition) is 4. The first-order valence-corrected chi connectivity index (χ1v) is 6.73. The van der Waals surface area contributed by atoms with Gasteiger partial charge in [0.05, 0.1) is 11.1 Å². The van der Waals surface area contributed by atoms with Crippen LogP contribution in [0.15, 0.2) is 60.7 Å². The third-order valence-corrected chi connectivity index (χ3v) is 2.40. The number of aromatic carboxylic acids is 2. The van der Waals surface area contributed by atoms with Crippen molar-refractivity contribution in [2.45, 2.75) is 13.0 Å². The van der Waals surface area contributed by atoms with Crippen molar-refractivity contribution in [2.24, 2.45) is 0 Å². The maximum absolute atomic E-state index is 10.2. The molecular weight excluding hydrogens is 316 g/mol. The summed E-state index contributed by atoms with van der Waals surface area (Å²) in [7, 11) is 0. The van der Waals surface area contributed by atoms with Crippen molar-refractivity contribution in [1.29, 1.82) is 0 Å². The Morgan fingerprint density at radius 1 is 0.708 bits per heavy atom. The van der Waals surface area contributed by atoms with Crippen molar-refractivity contribution in [3.05, 3.63) is 71.8 Å². The summed E-state index contributed by atoms with van der Waals surface area (Å²) in [6, 6.07) is 16.6. The lowest BCUT2D eigenvalue weighted by Gasteiger charge is -1.89. The lowest BCUT2D eigenvalue weighted by atomic mass is 10.2. The molecule has 0 aliphatic rings. The highest BCUT2D eigenvalue weighted by molar-refractivity contribution is 5.87. The smallest absolute Gasteiger partial charge is 0.335 e. The molecule has 2 aromatic carbocycles. The van der Waals surface area contributed by atoms with Gasteiger partial charge in [-0.25, -0.2) is 14.4 Å². The molecule has 1 unspecified atom stereocenters. The van der Waals surface area contributed by atoms with Crippen molar-refractivity contribution in [3.8, 4) is 0 Å². The molecule has 7 nitrogen and oxygen atoms in total. The Morgan fingerprint density at radius 3 is 1.08 bits per heavy atom. The van der Waals surface area contributed by atoms with E-state index < -0.39 is 24.0 Å². The average Bonchev–Trinajstić information content (AvgIpc) is 2.57. The zero-order valence-corrected chi connectivity index (χ0v) is 12.9. The summed E-state index contributed by atoms with van der Waals surface area (Å²) in [5, 5.41) is 32.5. The number of carboxylic acids is 3. The van der Waals surface area contributed by atoms with Gasteiger partial charge in [0.15, 0.2) is 0 Å². The largest absolute Gasteiger partial charge is 0.479 e. The fourth-order valence-corrected chi connectivity index (χ4v) is 1.16. The molecule has 0 aliphatic carbocycles. The standard InChI is InChI=1S/2C7H6O2.C3H6O3/c2*8-7(9)6-4-2-1-3-5-6;1-2(4)3(5)6/h2*1-5H,(H,8,9);2,4H,1H3,(H,5,6). The van der Waals surface area contributed by atoms with Gasteiger partial charge in [-0.1, -0.05) is 36.4 Å². The Hall–Kier alpha value is -3.19. The van der Waals surface area contributed by atoms with Crippen molar-refractivity contribution < 1.29 is 34.8 Å². The fourth-order valence-electron chi connectivity index (χ4n) is 1.16. The van der Waals surface area contributed by atoms with Gasteiger partial charge in [0, 0.05) is 0 Å². The Bertz CT molecular complexity index is 587. The molecule has 0 fully saturated rings. The number of carbonyl (C=O) groups is 3. The summed E-state index contributed by atoms with van der Waals surface area (Å²) in [5.74, 6) is -2.94. The molecule has 2 rings (SSSR count). The Labute approximate surface area is 138 Å². The van der Waals surface area contributed by atoms with E-state index in [-0.39, 0.29) is 0 Å². The third-order valence-electron chi connectivity index (χ3n) is 2.40. The summed E-state index contributed by atoms with van der Waals surface area (Å²) >= 11 is 0. The minimum Gasteiger partial charge on any atom is -0.479 e. The van der Waals surface area contributed by atoms with Gasteiger partial charge in [-0.2, -0.15) is 0 Å². The van der Waals surface area contributed by atoms with Gasteiger partial charge in [-0.05, 0) is 31.2 Å². The minimum atomic E-state index is -1.23. The highest BCUT2D eigenvalue weighted by Gasteiger charge is 2.01. The second kappa shape index (κ2) is 11.4. The second-order valence-electron chi connectivity index (χ2n) is 4.36. The predicted molar refractivity (Wildman–Crippen MR) is 86.1 cm³/mol. The molecule has 0 aromatic heterocycles. The summed E-state index contributed by atoms with van der Waals surface area (Å²) < 4.78 is 0. The molecule has 128 valence electrons. The van der Waals surface area contributed by atoms with Crippen LogP contribution < -0.4 is 0 Å². The first-order valence-electron chi connectivity index (χ1n) is 6.73. The van der Waals surface area contributed by atoms with E-state index in [1.807, 2.05) is 0 Å². The molecule has 0 spiro atoms. The lowest BCUT2D eigenvalue weighted by Crippen LogP contribution is -2.13. The Kier molecular flexibility index (Phi) is 9.87. The molecule has 0 radical (unpaired) electrons. The molecule has 0 saturated carbocycles. The highest BCUT2D eigenvalue weighted by atomic mass is 16.4. The van der Waals surface area contributed by atoms with Gasteiger partial charge in [-0.15, -0.1) is 0 Å². The quantitative estimate of drug-likeness (QED) is 0.676. The fraction of sp³-hybridized carbons (Fsp3) is 0.118. The van der Waals surface area contributed by atoms with Crippen LogP contribution in [-0.4, -0.2) is 44.4 Å². The maximum atomic E-state index is 10.2. The minimum absolute atomic E-state index is 0.331. The van der Waals surface area contributed by atoms with Crippen LogP contribution in [-0.2, 0) is 4.79 Å². The normalized spacial score (nSPS) is 10.1. The molecule has 0 saturated heterocycles. The van der Waals surface area contributed by atoms with Gasteiger partial charge >= 0.3 is 17.9 Å². The van der Waals surface area contributed by atoms with Gasteiger partial charge in [0.25, 0.3) is 0 Å². The Balaban J connectivity index is 0.000000340. The molecule has 0 bridgehead atoms. The average molecular weight is 334 g/mol.